The number of aromatic amines is 1. The molecule has 0 aliphatic carbocycles. The van der Waals surface area contributed by atoms with Crippen LogP contribution in [-0.4, -0.2) is 36.7 Å². The SMILES string of the molecule is Cl.O=S(=O)(c1nc2ccccc2[nH]1)[C@H]1CCNC1. The van der Waals surface area contributed by atoms with E-state index in [-0.39, 0.29) is 22.8 Å². The number of imidazole rings is 1. The average molecular weight is 288 g/mol. The Kier molecular flexibility index (Phi) is 3.61. The van der Waals surface area contributed by atoms with E-state index in [9.17, 15) is 8.42 Å². The lowest BCUT2D eigenvalue weighted by Crippen LogP contribution is -2.24. The Labute approximate surface area is 111 Å². The van der Waals surface area contributed by atoms with Crippen LogP contribution in [0.15, 0.2) is 29.4 Å². The van der Waals surface area contributed by atoms with Crippen molar-refractivity contribution in [2.75, 3.05) is 13.1 Å². The standard InChI is InChI=1S/C11H13N3O2S.ClH/c15-17(16,8-5-6-12-7-8)11-13-9-3-1-2-4-10(9)14-11;/h1-4,8,12H,5-7H2,(H,13,14);1H/t8-;/m0./s1. The number of hydrogen-bond donors (Lipinski definition) is 2. The first-order valence-corrected chi connectivity index (χ1v) is 7.12. The highest BCUT2D eigenvalue weighted by Gasteiger charge is 2.32. The van der Waals surface area contributed by atoms with Crippen molar-refractivity contribution in [1.29, 1.82) is 0 Å². The number of sulfone groups is 1. The number of nitrogens with zero attached hydrogens (tertiary/aromatic N) is 1. The number of aromatic nitrogens is 2. The molecule has 1 saturated heterocycles. The normalized spacial score (nSPS) is 19.9. The molecule has 1 fully saturated rings. The minimum atomic E-state index is -3.33. The lowest BCUT2D eigenvalue weighted by atomic mass is 10.3. The topological polar surface area (TPSA) is 74.8 Å². The van der Waals surface area contributed by atoms with Gasteiger partial charge in [-0.3, -0.25) is 0 Å². The molecule has 0 radical (unpaired) electrons. The molecule has 18 heavy (non-hydrogen) atoms. The summed E-state index contributed by atoms with van der Waals surface area (Å²) in [7, 11) is -3.33. The minimum Gasteiger partial charge on any atom is -0.329 e. The van der Waals surface area contributed by atoms with Crippen LogP contribution < -0.4 is 5.32 Å². The Morgan fingerprint density at radius 3 is 2.72 bits per heavy atom. The van der Waals surface area contributed by atoms with Gasteiger partial charge in [0.1, 0.15) is 0 Å². The van der Waals surface area contributed by atoms with E-state index in [1.54, 1.807) is 6.07 Å². The summed E-state index contributed by atoms with van der Waals surface area (Å²) >= 11 is 0. The summed E-state index contributed by atoms with van der Waals surface area (Å²) in [6.07, 6.45) is 0.652. The number of fused-ring (bicyclic) bond motifs is 1. The first-order valence-electron chi connectivity index (χ1n) is 5.57. The first-order chi connectivity index (χ1) is 8.18. The van der Waals surface area contributed by atoms with Crippen LogP contribution >= 0.6 is 12.4 Å². The number of nitrogens with one attached hydrogen (secondary N) is 2. The fraction of sp³-hybridized carbons (Fsp3) is 0.364. The molecule has 2 N–H and O–H groups in total. The molecule has 0 spiro atoms. The van der Waals surface area contributed by atoms with Gasteiger partial charge in [-0.1, -0.05) is 12.1 Å². The zero-order valence-electron chi connectivity index (χ0n) is 9.59. The predicted octanol–water partition coefficient (Wildman–Crippen LogP) is 1.12. The van der Waals surface area contributed by atoms with Crippen molar-refractivity contribution in [3.63, 3.8) is 0 Å². The number of H-pyrrole nitrogens is 1. The fourth-order valence-electron chi connectivity index (χ4n) is 2.12. The van der Waals surface area contributed by atoms with Gasteiger partial charge in [0, 0.05) is 6.54 Å². The first kappa shape index (κ1) is 13.3. The van der Waals surface area contributed by atoms with Gasteiger partial charge in [0.2, 0.25) is 15.0 Å². The van der Waals surface area contributed by atoms with Crippen molar-refractivity contribution in [3.8, 4) is 0 Å². The van der Waals surface area contributed by atoms with E-state index < -0.39 is 9.84 Å². The number of benzene rings is 1. The molecule has 0 saturated carbocycles. The minimum absolute atomic E-state index is 0. The summed E-state index contributed by atoms with van der Waals surface area (Å²) in [5, 5.41) is 2.79. The zero-order valence-corrected chi connectivity index (χ0v) is 11.2. The number of rotatable bonds is 2. The third-order valence-corrected chi connectivity index (χ3v) is 5.10. The lowest BCUT2D eigenvalue weighted by Gasteiger charge is -2.06. The molecule has 7 heteroatoms. The molecule has 2 heterocycles. The maximum atomic E-state index is 12.3. The highest BCUT2D eigenvalue weighted by molar-refractivity contribution is 7.91. The zero-order chi connectivity index (χ0) is 11.9. The largest absolute Gasteiger partial charge is 0.329 e. The van der Waals surface area contributed by atoms with Gasteiger partial charge < -0.3 is 10.3 Å². The Bertz CT molecular complexity index is 614. The van der Waals surface area contributed by atoms with E-state index in [0.29, 0.717) is 18.5 Å². The van der Waals surface area contributed by atoms with Crippen molar-refractivity contribution in [3.05, 3.63) is 24.3 Å². The summed E-state index contributed by atoms with van der Waals surface area (Å²) in [4.78, 5) is 7.04. The maximum absolute atomic E-state index is 12.3. The summed E-state index contributed by atoms with van der Waals surface area (Å²) in [5.74, 6) is 0. The van der Waals surface area contributed by atoms with E-state index in [2.05, 4.69) is 15.3 Å². The Morgan fingerprint density at radius 1 is 1.28 bits per heavy atom. The van der Waals surface area contributed by atoms with Gasteiger partial charge >= 0.3 is 0 Å². The molecular formula is C11H14ClN3O2S. The molecule has 1 aliphatic rings. The molecule has 1 aliphatic heterocycles. The molecule has 98 valence electrons. The van der Waals surface area contributed by atoms with Gasteiger partial charge in [0.25, 0.3) is 0 Å². The molecule has 0 amide bonds. The molecular weight excluding hydrogens is 274 g/mol. The Morgan fingerprint density at radius 2 is 2.06 bits per heavy atom. The van der Waals surface area contributed by atoms with E-state index in [0.717, 1.165) is 12.1 Å². The molecule has 3 rings (SSSR count). The highest BCUT2D eigenvalue weighted by atomic mass is 35.5. The average Bonchev–Trinajstić information content (AvgIpc) is 2.98. The summed E-state index contributed by atoms with van der Waals surface area (Å²) in [5.41, 5.74) is 1.45. The number of halogens is 1. The third kappa shape index (κ3) is 2.11. The van der Waals surface area contributed by atoms with E-state index in [1.807, 2.05) is 18.2 Å². The van der Waals surface area contributed by atoms with Crippen LogP contribution in [0, 0.1) is 0 Å². The van der Waals surface area contributed by atoms with Crippen LogP contribution in [0.25, 0.3) is 11.0 Å². The van der Waals surface area contributed by atoms with Crippen molar-refractivity contribution < 1.29 is 8.42 Å². The van der Waals surface area contributed by atoms with Crippen molar-refractivity contribution in [2.24, 2.45) is 0 Å². The van der Waals surface area contributed by atoms with Crippen LogP contribution in [0.5, 0.6) is 0 Å². The van der Waals surface area contributed by atoms with Crippen LogP contribution in [0.3, 0.4) is 0 Å². The van der Waals surface area contributed by atoms with Gasteiger partial charge in [0.05, 0.1) is 16.3 Å². The second-order valence-electron chi connectivity index (χ2n) is 4.22. The number of para-hydroxylation sites is 2. The number of hydrogen-bond acceptors (Lipinski definition) is 4. The van der Waals surface area contributed by atoms with Gasteiger partial charge in [-0.25, -0.2) is 13.4 Å². The molecule has 5 nitrogen and oxygen atoms in total. The van der Waals surface area contributed by atoms with Crippen molar-refractivity contribution >= 4 is 33.3 Å². The van der Waals surface area contributed by atoms with Gasteiger partial charge in [0.15, 0.2) is 0 Å². The molecule has 1 aromatic heterocycles. The molecule has 1 atom stereocenters. The second-order valence-corrected chi connectivity index (χ2v) is 6.36. The summed E-state index contributed by atoms with van der Waals surface area (Å²) in [6.45, 7) is 1.27. The summed E-state index contributed by atoms with van der Waals surface area (Å²) < 4.78 is 24.5. The van der Waals surface area contributed by atoms with Crippen LogP contribution in [0.4, 0.5) is 0 Å². The van der Waals surface area contributed by atoms with Gasteiger partial charge in [-0.05, 0) is 25.1 Å². The highest BCUT2D eigenvalue weighted by Crippen LogP contribution is 2.20. The predicted molar refractivity (Wildman–Crippen MR) is 71.8 cm³/mol. The summed E-state index contributed by atoms with van der Waals surface area (Å²) in [6, 6.07) is 7.33. The molecule has 0 bridgehead atoms. The lowest BCUT2D eigenvalue weighted by molar-refractivity contribution is 0.576. The van der Waals surface area contributed by atoms with Crippen LogP contribution in [-0.2, 0) is 9.84 Å². The van der Waals surface area contributed by atoms with Gasteiger partial charge in [-0.15, -0.1) is 12.4 Å². The molecule has 0 unspecified atom stereocenters. The van der Waals surface area contributed by atoms with Crippen LogP contribution in [0.2, 0.25) is 0 Å². The maximum Gasteiger partial charge on any atom is 0.226 e. The van der Waals surface area contributed by atoms with Crippen molar-refractivity contribution in [2.45, 2.75) is 16.8 Å². The molecule has 1 aromatic carbocycles. The van der Waals surface area contributed by atoms with Gasteiger partial charge in [-0.2, -0.15) is 0 Å². The monoisotopic (exact) mass is 287 g/mol. The van der Waals surface area contributed by atoms with Crippen molar-refractivity contribution in [1.82, 2.24) is 15.3 Å². The van der Waals surface area contributed by atoms with E-state index in [1.165, 1.54) is 0 Å². The van der Waals surface area contributed by atoms with Crippen LogP contribution in [0.1, 0.15) is 6.42 Å². The third-order valence-electron chi connectivity index (χ3n) is 3.09. The fourth-order valence-corrected chi connectivity index (χ4v) is 3.67. The van der Waals surface area contributed by atoms with E-state index >= 15 is 0 Å². The quantitative estimate of drug-likeness (QED) is 0.868. The molecule has 2 aromatic rings. The second kappa shape index (κ2) is 4.87. The Hall–Kier alpha value is -1.11. The Balaban J connectivity index is 0.00000120. The van der Waals surface area contributed by atoms with E-state index in [4.69, 9.17) is 0 Å². The smallest absolute Gasteiger partial charge is 0.226 e.